The minimum Gasteiger partial charge on any atom is -0.369 e. The molecule has 2 aromatic heterocycles. The summed E-state index contributed by atoms with van der Waals surface area (Å²) in [7, 11) is 0. The van der Waals surface area contributed by atoms with Crippen LogP contribution in [0.3, 0.4) is 0 Å². The van der Waals surface area contributed by atoms with Crippen LogP contribution in [0, 0.1) is 0 Å². The van der Waals surface area contributed by atoms with Crippen LogP contribution in [0.1, 0.15) is 31.3 Å². The van der Waals surface area contributed by atoms with Crippen LogP contribution in [0.15, 0.2) is 11.6 Å². The van der Waals surface area contributed by atoms with Crippen molar-refractivity contribution < 1.29 is 9.53 Å². The molecule has 1 aliphatic heterocycles. The molecule has 2 aromatic rings. The Hall–Kier alpha value is -1.40. The largest absolute Gasteiger partial charge is 0.369 e. The van der Waals surface area contributed by atoms with E-state index in [1.54, 1.807) is 0 Å². The number of fused-ring (bicyclic) bond motifs is 1. The second-order valence-electron chi connectivity index (χ2n) is 5.56. The number of aromatic nitrogens is 2. The Kier molecular flexibility index (Phi) is 2.87. The molecule has 6 heteroatoms. The first kappa shape index (κ1) is 12.6. The van der Waals surface area contributed by atoms with Crippen molar-refractivity contribution in [2.24, 2.45) is 0 Å². The number of imidazole rings is 1. The molecule has 0 bridgehead atoms. The van der Waals surface area contributed by atoms with Gasteiger partial charge in [-0.2, -0.15) is 0 Å². The summed E-state index contributed by atoms with van der Waals surface area (Å²) in [6, 6.07) is 0. The van der Waals surface area contributed by atoms with Crippen LogP contribution in [0.2, 0.25) is 0 Å². The van der Waals surface area contributed by atoms with E-state index < -0.39 is 0 Å². The highest BCUT2D eigenvalue weighted by molar-refractivity contribution is 7.15. The Morgan fingerprint density at radius 3 is 3.05 bits per heavy atom. The summed E-state index contributed by atoms with van der Waals surface area (Å²) >= 11 is 1.54. The minimum atomic E-state index is -0.227. The number of carbonyl (C=O) groups excluding carboxylic acids is 1. The maximum Gasteiger partial charge on any atom is 0.196 e. The van der Waals surface area contributed by atoms with Gasteiger partial charge in [-0.15, -0.1) is 11.3 Å². The van der Waals surface area contributed by atoms with E-state index in [1.165, 1.54) is 11.3 Å². The molecule has 19 heavy (non-hydrogen) atoms. The summed E-state index contributed by atoms with van der Waals surface area (Å²) in [5.74, 6) is 0.769. The predicted octanol–water partition coefficient (Wildman–Crippen LogP) is 2.21. The minimum absolute atomic E-state index is 0.128. The van der Waals surface area contributed by atoms with Gasteiger partial charge in [-0.1, -0.05) is 0 Å². The number of carbonyl (C=O) groups is 1. The van der Waals surface area contributed by atoms with Crippen molar-refractivity contribution >= 4 is 28.4 Å². The lowest BCUT2D eigenvalue weighted by Crippen LogP contribution is -2.52. The number of hydrogen-bond acceptors (Lipinski definition) is 5. The molecule has 0 spiro atoms. The molecule has 0 saturated carbocycles. The van der Waals surface area contributed by atoms with Crippen LogP contribution in [-0.4, -0.2) is 40.5 Å². The van der Waals surface area contributed by atoms with Crippen LogP contribution in [0.25, 0.3) is 4.96 Å². The van der Waals surface area contributed by atoms with Gasteiger partial charge in [-0.05, 0) is 20.8 Å². The molecular formula is C13H17N3O2S. The lowest BCUT2D eigenvalue weighted by atomic mass is 10.1. The van der Waals surface area contributed by atoms with Crippen LogP contribution in [-0.2, 0) is 4.74 Å². The van der Waals surface area contributed by atoms with E-state index in [-0.39, 0.29) is 11.7 Å². The predicted molar refractivity (Wildman–Crippen MR) is 75.3 cm³/mol. The quantitative estimate of drug-likeness (QED) is 0.791. The van der Waals surface area contributed by atoms with Crippen molar-refractivity contribution in [3.05, 3.63) is 17.3 Å². The molecule has 0 aliphatic carbocycles. The molecule has 5 nitrogen and oxygen atoms in total. The maximum absolute atomic E-state index is 11.4. The number of morpholine rings is 1. The lowest BCUT2D eigenvalue weighted by Gasteiger charge is -2.42. The summed E-state index contributed by atoms with van der Waals surface area (Å²) < 4.78 is 7.74. The molecule has 0 radical (unpaired) electrons. The van der Waals surface area contributed by atoms with Crippen LogP contribution < -0.4 is 4.90 Å². The lowest BCUT2D eigenvalue weighted by molar-refractivity contribution is -0.0751. The number of aldehydes is 1. The van der Waals surface area contributed by atoms with Crippen LogP contribution in [0.4, 0.5) is 5.82 Å². The van der Waals surface area contributed by atoms with Gasteiger partial charge < -0.3 is 9.64 Å². The molecule has 0 amide bonds. The second-order valence-corrected chi connectivity index (χ2v) is 6.44. The number of thiazole rings is 1. The topological polar surface area (TPSA) is 46.8 Å². The van der Waals surface area contributed by atoms with E-state index >= 15 is 0 Å². The molecule has 1 saturated heterocycles. The summed E-state index contributed by atoms with van der Waals surface area (Å²) in [6.07, 6.45) is 2.90. The third kappa shape index (κ3) is 2.15. The number of anilines is 1. The number of hydrogen-bond donors (Lipinski definition) is 0. The molecule has 1 fully saturated rings. The number of ether oxygens (including phenoxy) is 1. The molecule has 1 unspecified atom stereocenters. The van der Waals surface area contributed by atoms with Gasteiger partial charge in [-0.3, -0.25) is 9.20 Å². The van der Waals surface area contributed by atoms with Gasteiger partial charge in [0.05, 0.1) is 11.7 Å². The van der Waals surface area contributed by atoms with Crippen molar-refractivity contribution in [1.82, 2.24) is 9.38 Å². The van der Waals surface area contributed by atoms with E-state index in [1.807, 2.05) is 22.9 Å². The van der Waals surface area contributed by atoms with Gasteiger partial charge in [0.2, 0.25) is 0 Å². The Bertz CT molecular complexity index is 616. The Labute approximate surface area is 115 Å². The summed E-state index contributed by atoms with van der Waals surface area (Å²) in [5, 5.41) is 1.94. The number of rotatable bonds is 2. The normalized spacial score (nSPS) is 22.9. The van der Waals surface area contributed by atoms with Gasteiger partial charge >= 0.3 is 0 Å². The highest BCUT2D eigenvalue weighted by Crippen LogP contribution is 2.29. The highest BCUT2D eigenvalue weighted by Gasteiger charge is 2.33. The average molecular weight is 279 g/mol. The van der Waals surface area contributed by atoms with Crippen molar-refractivity contribution in [2.45, 2.75) is 32.5 Å². The number of nitrogens with zero attached hydrogens (tertiary/aromatic N) is 3. The fourth-order valence-corrected chi connectivity index (χ4v) is 3.47. The SMILES string of the molecule is CC1CN(c2nc3sccn3c2C=O)CC(C)(C)O1. The Balaban J connectivity index is 2.03. The summed E-state index contributed by atoms with van der Waals surface area (Å²) in [4.78, 5) is 19.0. The Morgan fingerprint density at radius 1 is 1.58 bits per heavy atom. The van der Waals surface area contributed by atoms with E-state index in [0.29, 0.717) is 5.69 Å². The standard InChI is InChI=1S/C13H17N3O2S/c1-9-6-15(8-13(2,3)18-9)11-10(7-17)16-4-5-19-12(16)14-11/h4-5,7,9H,6,8H2,1-3H3. The van der Waals surface area contributed by atoms with Crippen LogP contribution >= 0.6 is 11.3 Å². The third-order valence-corrected chi connectivity index (χ3v) is 4.02. The molecule has 102 valence electrons. The first-order valence-corrected chi connectivity index (χ1v) is 7.21. The smallest absolute Gasteiger partial charge is 0.196 e. The van der Waals surface area contributed by atoms with Gasteiger partial charge in [0, 0.05) is 24.7 Å². The van der Waals surface area contributed by atoms with Crippen molar-refractivity contribution in [3.8, 4) is 0 Å². The first-order chi connectivity index (χ1) is 9.00. The molecule has 1 aliphatic rings. The van der Waals surface area contributed by atoms with Gasteiger partial charge in [-0.25, -0.2) is 4.98 Å². The molecular weight excluding hydrogens is 262 g/mol. The van der Waals surface area contributed by atoms with Gasteiger partial charge in [0.1, 0.15) is 5.69 Å². The Morgan fingerprint density at radius 2 is 2.37 bits per heavy atom. The molecule has 3 heterocycles. The zero-order valence-electron chi connectivity index (χ0n) is 11.3. The monoisotopic (exact) mass is 279 g/mol. The van der Waals surface area contributed by atoms with Crippen LogP contribution in [0.5, 0.6) is 0 Å². The fourth-order valence-electron chi connectivity index (χ4n) is 2.75. The van der Waals surface area contributed by atoms with Crippen molar-refractivity contribution in [2.75, 3.05) is 18.0 Å². The average Bonchev–Trinajstić information content (AvgIpc) is 2.84. The van der Waals surface area contributed by atoms with E-state index in [2.05, 4.69) is 23.7 Å². The summed E-state index contributed by atoms with van der Waals surface area (Å²) in [6.45, 7) is 7.67. The zero-order valence-corrected chi connectivity index (χ0v) is 12.1. The highest BCUT2D eigenvalue weighted by atomic mass is 32.1. The summed E-state index contributed by atoms with van der Waals surface area (Å²) in [5.41, 5.74) is 0.399. The van der Waals surface area contributed by atoms with Crippen molar-refractivity contribution in [1.29, 1.82) is 0 Å². The van der Waals surface area contributed by atoms with Crippen molar-refractivity contribution in [3.63, 3.8) is 0 Å². The molecule has 3 rings (SSSR count). The zero-order chi connectivity index (χ0) is 13.6. The van der Waals surface area contributed by atoms with E-state index in [9.17, 15) is 4.79 Å². The van der Waals surface area contributed by atoms with E-state index in [0.717, 1.165) is 30.2 Å². The molecule has 0 N–H and O–H groups in total. The second kappa shape index (κ2) is 4.31. The third-order valence-electron chi connectivity index (χ3n) is 3.26. The van der Waals surface area contributed by atoms with Gasteiger partial charge in [0.15, 0.2) is 17.1 Å². The fraction of sp³-hybridized carbons (Fsp3) is 0.538. The molecule has 1 atom stereocenters. The van der Waals surface area contributed by atoms with E-state index in [4.69, 9.17) is 4.74 Å². The first-order valence-electron chi connectivity index (χ1n) is 6.34. The maximum atomic E-state index is 11.4. The molecule has 0 aromatic carbocycles. The van der Waals surface area contributed by atoms with Gasteiger partial charge in [0.25, 0.3) is 0 Å².